The van der Waals surface area contributed by atoms with Gasteiger partial charge in [-0.2, -0.15) is 5.26 Å². The maximum atomic E-state index is 8.50. The molecule has 0 aliphatic rings. The average Bonchev–Trinajstić information content (AvgIpc) is 2.27. The summed E-state index contributed by atoms with van der Waals surface area (Å²) in [5.74, 6) is 0.868. The summed E-state index contributed by atoms with van der Waals surface area (Å²) in [5, 5.41) is 11.6. The third-order valence-electron chi connectivity index (χ3n) is 2.05. The quantitative estimate of drug-likeness (QED) is 0.718. The zero-order valence-corrected chi connectivity index (χ0v) is 8.99. The monoisotopic (exact) mass is 204 g/mol. The Morgan fingerprint density at radius 1 is 1.33 bits per heavy atom. The van der Waals surface area contributed by atoms with Crippen LogP contribution in [0.25, 0.3) is 0 Å². The Hall–Kier alpha value is -1.53. The van der Waals surface area contributed by atoms with E-state index in [2.05, 4.69) is 11.4 Å². The van der Waals surface area contributed by atoms with Crippen LogP contribution in [-0.2, 0) is 6.42 Å². The zero-order chi connectivity index (χ0) is 10.9. The number of nitrogens with one attached hydrogen (secondary N) is 1. The molecule has 0 heterocycles. The molecule has 0 spiro atoms. The Morgan fingerprint density at radius 3 is 2.67 bits per heavy atom. The van der Waals surface area contributed by atoms with Gasteiger partial charge in [0.2, 0.25) is 0 Å². The number of ether oxygens (including phenoxy) is 1. The normalized spacial score (nSPS) is 9.60. The largest absolute Gasteiger partial charge is 0.494 e. The molecule has 1 N–H and O–H groups in total. The second-order valence-corrected chi connectivity index (χ2v) is 3.28. The van der Waals surface area contributed by atoms with Gasteiger partial charge in [0.15, 0.2) is 0 Å². The van der Waals surface area contributed by atoms with E-state index in [0.717, 1.165) is 30.9 Å². The third-order valence-corrected chi connectivity index (χ3v) is 2.05. The van der Waals surface area contributed by atoms with Crippen molar-refractivity contribution in [2.45, 2.75) is 12.8 Å². The first-order valence-corrected chi connectivity index (χ1v) is 5.10. The van der Waals surface area contributed by atoms with Crippen LogP contribution in [0.2, 0.25) is 0 Å². The first-order chi connectivity index (χ1) is 7.36. The Kier molecular flexibility index (Phi) is 5.28. The van der Waals surface area contributed by atoms with Gasteiger partial charge in [0.1, 0.15) is 5.75 Å². The molecular weight excluding hydrogens is 188 g/mol. The molecule has 0 aromatic heterocycles. The number of rotatable bonds is 6. The van der Waals surface area contributed by atoms with Crippen LogP contribution in [0.15, 0.2) is 24.3 Å². The molecule has 1 aromatic rings. The highest BCUT2D eigenvalue weighted by Gasteiger charge is 1.94. The van der Waals surface area contributed by atoms with E-state index in [-0.39, 0.29) is 0 Å². The molecular formula is C12H16N2O. The molecule has 0 amide bonds. The molecule has 15 heavy (non-hydrogen) atoms. The Morgan fingerprint density at radius 2 is 2.07 bits per heavy atom. The summed E-state index contributed by atoms with van der Waals surface area (Å²) in [4.78, 5) is 0. The van der Waals surface area contributed by atoms with Gasteiger partial charge >= 0.3 is 0 Å². The van der Waals surface area contributed by atoms with Crippen molar-refractivity contribution in [2.24, 2.45) is 0 Å². The number of hydrogen-bond acceptors (Lipinski definition) is 3. The molecule has 3 heteroatoms. The van der Waals surface area contributed by atoms with Crippen LogP contribution >= 0.6 is 0 Å². The fourth-order valence-electron chi connectivity index (χ4n) is 1.23. The number of hydrogen-bond donors (Lipinski definition) is 1. The van der Waals surface area contributed by atoms with Crippen molar-refractivity contribution in [2.75, 3.05) is 20.2 Å². The van der Waals surface area contributed by atoms with Crippen LogP contribution in [-0.4, -0.2) is 20.2 Å². The van der Waals surface area contributed by atoms with Crippen molar-refractivity contribution < 1.29 is 4.74 Å². The van der Waals surface area contributed by atoms with Crippen LogP contribution in [0.3, 0.4) is 0 Å². The maximum Gasteiger partial charge on any atom is 0.119 e. The minimum absolute atomic E-state index is 0.458. The van der Waals surface area contributed by atoms with Crippen molar-refractivity contribution in [3.63, 3.8) is 0 Å². The lowest BCUT2D eigenvalue weighted by atomic mass is 10.2. The molecule has 0 atom stereocenters. The van der Waals surface area contributed by atoms with Crippen molar-refractivity contribution in [3.05, 3.63) is 29.8 Å². The smallest absolute Gasteiger partial charge is 0.119 e. The molecule has 0 radical (unpaired) electrons. The molecule has 0 saturated carbocycles. The number of nitrogens with zero attached hydrogens (tertiary/aromatic N) is 1. The van der Waals surface area contributed by atoms with E-state index in [1.54, 1.807) is 0 Å². The Balaban J connectivity index is 2.33. The first-order valence-electron chi connectivity index (χ1n) is 5.10. The highest BCUT2D eigenvalue weighted by molar-refractivity contribution is 5.28. The highest BCUT2D eigenvalue weighted by Crippen LogP contribution is 2.12. The average molecular weight is 204 g/mol. The summed E-state index contributed by atoms with van der Waals surface area (Å²) >= 11 is 0. The van der Waals surface area contributed by atoms with E-state index < -0.39 is 0 Å². The van der Waals surface area contributed by atoms with Gasteiger partial charge in [0.25, 0.3) is 0 Å². The molecule has 0 aliphatic heterocycles. The Labute approximate surface area is 90.7 Å². The van der Waals surface area contributed by atoms with Crippen molar-refractivity contribution in [3.8, 4) is 11.8 Å². The molecule has 0 unspecified atom stereocenters. The van der Waals surface area contributed by atoms with Gasteiger partial charge in [0.05, 0.1) is 19.1 Å². The van der Waals surface area contributed by atoms with E-state index >= 15 is 0 Å². The third kappa shape index (κ3) is 4.48. The second kappa shape index (κ2) is 6.86. The minimum atomic E-state index is 0.458. The molecule has 0 aliphatic carbocycles. The van der Waals surface area contributed by atoms with Crippen LogP contribution < -0.4 is 10.1 Å². The van der Waals surface area contributed by atoms with E-state index in [0.29, 0.717) is 6.42 Å². The van der Waals surface area contributed by atoms with Gasteiger partial charge in [-0.1, -0.05) is 12.1 Å². The van der Waals surface area contributed by atoms with Crippen molar-refractivity contribution >= 4 is 0 Å². The van der Waals surface area contributed by atoms with Gasteiger partial charge in [-0.25, -0.2) is 0 Å². The molecule has 80 valence electrons. The molecule has 3 nitrogen and oxygen atoms in total. The summed E-state index contributed by atoms with van der Waals surface area (Å²) in [6, 6.07) is 9.79. The summed E-state index contributed by atoms with van der Waals surface area (Å²) in [6.07, 6.45) is 1.45. The lowest BCUT2D eigenvalue weighted by Gasteiger charge is -2.05. The minimum Gasteiger partial charge on any atom is -0.494 e. The van der Waals surface area contributed by atoms with Gasteiger partial charge < -0.3 is 10.1 Å². The van der Waals surface area contributed by atoms with Gasteiger partial charge in [-0.3, -0.25) is 0 Å². The van der Waals surface area contributed by atoms with Crippen molar-refractivity contribution in [1.29, 1.82) is 5.26 Å². The lowest BCUT2D eigenvalue weighted by Crippen LogP contribution is -2.11. The SMILES string of the molecule is CNCCCOc1ccc(CC#N)cc1. The predicted molar refractivity (Wildman–Crippen MR) is 59.8 cm³/mol. The zero-order valence-electron chi connectivity index (χ0n) is 8.99. The van der Waals surface area contributed by atoms with Crippen LogP contribution in [0.1, 0.15) is 12.0 Å². The van der Waals surface area contributed by atoms with Gasteiger partial charge in [0, 0.05) is 0 Å². The lowest BCUT2D eigenvalue weighted by molar-refractivity contribution is 0.310. The van der Waals surface area contributed by atoms with Crippen molar-refractivity contribution in [1.82, 2.24) is 5.32 Å². The molecule has 0 fully saturated rings. The van der Waals surface area contributed by atoms with Crippen LogP contribution in [0.5, 0.6) is 5.75 Å². The topological polar surface area (TPSA) is 45.0 Å². The maximum absolute atomic E-state index is 8.50. The summed E-state index contributed by atoms with van der Waals surface area (Å²) < 4.78 is 5.52. The highest BCUT2D eigenvalue weighted by atomic mass is 16.5. The van der Waals surface area contributed by atoms with Gasteiger partial charge in [-0.15, -0.1) is 0 Å². The molecule has 1 rings (SSSR count). The van der Waals surface area contributed by atoms with E-state index in [1.807, 2.05) is 31.3 Å². The molecule has 1 aromatic carbocycles. The summed E-state index contributed by atoms with van der Waals surface area (Å²) in [7, 11) is 1.93. The second-order valence-electron chi connectivity index (χ2n) is 3.28. The number of nitriles is 1. The summed E-state index contributed by atoms with van der Waals surface area (Å²) in [6.45, 7) is 1.69. The fraction of sp³-hybridized carbons (Fsp3) is 0.417. The van der Waals surface area contributed by atoms with E-state index in [4.69, 9.17) is 10.00 Å². The van der Waals surface area contributed by atoms with Gasteiger partial charge in [-0.05, 0) is 37.7 Å². The van der Waals surface area contributed by atoms with Crippen LogP contribution in [0, 0.1) is 11.3 Å². The summed E-state index contributed by atoms with van der Waals surface area (Å²) in [5.41, 5.74) is 1.03. The number of benzene rings is 1. The predicted octanol–water partition coefficient (Wildman–Crippen LogP) is 1.74. The standard InChI is InChI=1S/C12H16N2O/c1-14-9-2-10-15-12-5-3-11(4-6-12)7-8-13/h3-6,14H,2,7,9-10H2,1H3. The van der Waals surface area contributed by atoms with Crippen LogP contribution in [0.4, 0.5) is 0 Å². The fourth-order valence-corrected chi connectivity index (χ4v) is 1.23. The van der Waals surface area contributed by atoms with E-state index in [1.165, 1.54) is 0 Å². The Bertz CT molecular complexity index is 313. The first kappa shape index (κ1) is 11.5. The van der Waals surface area contributed by atoms with E-state index in [9.17, 15) is 0 Å². The molecule has 0 saturated heterocycles. The molecule has 0 bridgehead atoms.